The molecule has 0 aliphatic heterocycles. The van der Waals surface area contributed by atoms with Crippen LogP contribution >= 0.6 is 0 Å². The molecule has 0 saturated heterocycles. The van der Waals surface area contributed by atoms with Crippen LogP contribution in [-0.2, 0) is 4.79 Å². The summed E-state index contributed by atoms with van der Waals surface area (Å²) in [4.78, 5) is 12.5. The normalized spacial score (nSPS) is 27.6. The molecule has 0 amide bonds. The SMILES string of the molecule is C=CC1CCC(C2CCC(C(=O)Oc3ccc(OC=CC)c(F)c3F)CC2)CC1. The summed E-state index contributed by atoms with van der Waals surface area (Å²) in [6.45, 7) is 5.60. The van der Waals surface area contributed by atoms with Gasteiger partial charge >= 0.3 is 5.97 Å². The van der Waals surface area contributed by atoms with Crippen LogP contribution in [0, 0.1) is 35.3 Å². The van der Waals surface area contributed by atoms with E-state index in [4.69, 9.17) is 9.47 Å². The lowest BCUT2D eigenvalue weighted by Crippen LogP contribution is -2.30. The summed E-state index contributed by atoms with van der Waals surface area (Å²) in [7, 11) is 0. The van der Waals surface area contributed by atoms with Crippen LogP contribution in [0.15, 0.2) is 37.1 Å². The number of rotatable bonds is 6. The molecule has 2 aliphatic rings. The van der Waals surface area contributed by atoms with Crippen molar-refractivity contribution in [1.29, 1.82) is 0 Å². The lowest BCUT2D eigenvalue weighted by molar-refractivity contribution is -0.140. The number of carbonyl (C=O) groups excluding carboxylic acids is 1. The third kappa shape index (κ3) is 5.26. The molecule has 2 saturated carbocycles. The van der Waals surface area contributed by atoms with E-state index in [9.17, 15) is 13.6 Å². The number of ether oxygens (including phenoxy) is 2. The smallest absolute Gasteiger partial charge is 0.314 e. The second-order valence-corrected chi connectivity index (χ2v) is 8.22. The molecule has 1 aromatic rings. The number of allylic oxidation sites excluding steroid dienone is 2. The minimum atomic E-state index is -1.20. The van der Waals surface area contributed by atoms with E-state index in [-0.39, 0.29) is 17.4 Å². The van der Waals surface area contributed by atoms with Crippen LogP contribution in [0.1, 0.15) is 58.3 Å². The van der Waals surface area contributed by atoms with Gasteiger partial charge in [0, 0.05) is 0 Å². The van der Waals surface area contributed by atoms with Gasteiger partial charge in [-0.1, -0.05) is 12.2 Å². The van der Waals surface area contributed by atoms with E-state index in [1.54, 1.807) is 13.0 Å². The van der Waals surface area contributed by atoms with E-state index < -0.39 is 17.6 Å². The summed E-state index contributed by atoms with van der Waals surface area (Å²) in [6.07, 6.45) is 13.3. The van der Waals surface area contributed by atoms with Crippen molar-refractivity contribution in [2.24, 2.45) is 23.7 Å². The topological polar surface area (TPSA) is 35.5 Å². The summed E-state index contributed by atoms with van der Waals surface area (Å²) in [6, 6.07) is 2.50. The Bertz CT molecular complexity index is 743. The largest absolute Gasteiger partial charge is 0.462 e. The average molecular weight is 404 g/mol. The number of carbonyl (C=O) groups is 1. The van der Waals surface area contributed by atoms with Crippen molar-refractivity contribution in [3.8, 4) is 11.5 Å². The van der Waals surface area contributed by atoms with Gasteiger partial charge in [-0.3, -0.25) is 4.79 Å². The average Bonchev–Trinajstić information content (AvgIpc) is 2.76. The Balaban J connectivity index is 1.52. The maximum Gasteiger partial charge on any atom is 0.314 e. The quantitative estimate of drug-likeness (QED) is 0.232. The molecule has 0 unspecified atom stereocenters. The number of hydrogen-bond acceptors (Lipinski definition) is 3. The molecule has 0 bridgehead atoms. The Morgan fingerprint density at radius 1 is 0.966 bits per heavy atom. The molecule has 0 heterocycles. The summed E-state index contributed by atoms with van der Waals surface area (Å²) < 4.78 is 38.5. The minimum Gasteiger partial charge on any atom is -0.462 e. The summed E-state index contributed by atoms with van der Waals surface area (Å²) >= 11 is 0. The van der Waals surface area contributed by atoms with Crippen molar-refractivity contribution in [3.05, 3.63) is 48.8 Å². The Morgan fingerprint density at radius 2 is 1.52 bits per heavy atom. The van der Waals surface area contributed by atoms with Gasteiger partial charge in [-0.2, -0.15) is 8.78 Å². The molecule has 0 atom stereocenters. The van der Waals surface area contributed by atoms with Gasteiger partial charge in [0.1, 0.15) is 0 Å². The maximum absolute atomic E-state index is 14.2. The van der Waals surface area contributed by atoms with Crippen molar-refractivity contribution in [2.75, 3.05) is 0 Å². The molecule has 2 aliphatic carbocycles. The number of benzene rings is 1. The van der Waals surface area contributed by atoms with Crippen LogP contribution in [-0.4, -0.2) is 5.97 Å². The first-order valence-corrected chi connectivity index (χ1v) is 10.6. The van der Waals surface area contributed by atoms with Crippen molar-refractivity contribution in [1.82, 2.24) is 0 Å². The van der Waals surface area contributed by atoms with E-state index >= 15 is 0 Å². The van der Waals surface area contributed by atoms with Crippen LogP contribution in [0.2, 0.25) is 0 Å². The van der Waals surface area contributed by atoms with Crippen LogP contribution in [0.5, 0.6) is 11.5 Å². The molecule has 2 fully saturated rings. The first kappa shape index (κ1) is 21.5. The fourth-order valence-electron chi connectivity index (χ4n) is 4.70. The molecule has 0 aromatic heterocycles. The highest BCUT2D eigenvalue weighted by Crippen LogP contribution is 2.42. The van der Waals surface area contributed by atoms with Gasteiger partial charge in [0.15, 0.2) is 11.5 Å². The van der Waals surface area contributed by atoms with Gasteiger partial charge in [0.05, 0.1) is 12.2 Å². The van der Waals surface area contributed by atoms with Crippen molar-refractivity contribution >= 4 is 5.97 Å². The highest BCUT2D eigenvalue weighted by atomic mass is 19.2. The highest BCUT2D eigenvalue weighted by Gasteiger charge is 2.33. The van der Waals surface area contributed by atoms with Crippen molar-refractivity contribution in [3.63, 3.8) is 0 Å². The second-order valence-electron chi connectivity index (χ2n) is 8.22. The zero-order valence-corrected chi connectivity index (χ0v) is 17.0. The molecule has 5 heteroatoms. The number of hydrogen-bond donors (Lipinski definition) is 0. The van der Waals surface area contributed by atoms with E-state index in [0.29, 0.717) is 11.8 Å². The Kier molecular flexibility index (Phi) is 7.45. The number of esters is 1. The van der Waals surface area contributed by atoms with Crippen LogP contribution in [0.3, 0.4) is 0 Å². The Labute approximate surface area is 171 Å². The van der Waals surface area contributed by atoms with Gasteiger partial charge in [0.2, 0.25) is 11.6 Å². The first-order chi connectivity index (χ1) is 14.0. The molecule has 158 valence electrons. The van der Waals surface area contributed by atoms with Gasteiger partial charge in [0.25, 0.3) is 0 Å². The highest BCUT2D eigenvalue weighted by molar-refractivity contribution is 5.75. The van der Waals surface area contributed by atoms with E-state index in [1.807, 2.05) is 0 Å². The van der Waals surface area contributed by atoms with Crippen LogP contribution in [0.4, 0.5) is 8.78 Å². The van der Waals surface area contributed by atoms with E-state index in [0.717, 1.165) is 31.6 Å². The summed E-state index contributed by atoms with van der Waals surface area (Å²) in [5.41, 5.74) is 0. The molecule has 29 heavy (non-hydrogen) atoms. The summed E-state index contributed by atoms with van der Waals surface area (Å²) in [5.74, 6) is -1.67. The fraction of sp³-hybridized carbons (Fsp3) is 0.542. The standard InChI is InChI=1S/C24H30F2O3/c1-3-15-28-20-13-14-21(23(26)22(20)25)29-24(27)19-11-9-18(10-12-19)17-7-5-16(4-2)6-8-17/h3-4,13-19H,2,5-12H2,1H3. The Hall–Kier alpha value is -2.17. The zero-order chi connectivity index (χ0) is 20.8. The first-order valence-electron chi connectivity index (χ1n) is 10.6. The lowest BCUT2D eigenvalue weighted by Gasteiger charge is -2.36. The molecule has 0 N–H and O–H groups in total. The maximum atomic E-state index is 14.2. The molecule has 0 radical (unpaired) electrons. The van der Waals surface area contributed by atoms with Crippen molar-refractivity contribution in [2.45, 2.75) is 58.3 Å². The predicted octanol–water partition coefficient (Wildman–Crippen LogP) is 6.58. The van der Waals surface area contributed by atoms with Gasteiger partial charge in [-0.25, -0.2) is 0 Å². The van der Waals surface area contributed by atoms with Gasteiger partial charge < -0.3 is 9.47 Å². The van der Waals surface area contributed by atoms with E-state index in [2.05, 4.69) is 12.7 Å². The number of halogens is 2. The molecule has 1 aromatic carbocycles. The van der Waals surface area contributed by atoms with E-state index in [1.165, 1.54) is 44.1 Å². The minimum absolute atomic E-state index is 0.243. The lowest BCUT2D eigenvalue weighted by atomic mass is 9.69. The monoisotopic (exact) mass is 404 g/mol. The van der Waals surface area contributed by atoms with Gasteiger partial charge in [-0.05, 0) is 88.2 Å². The second kappa shape index (κ2) is 10.0. The fourth-order valence-corrected chi connectivity index (χ4v) is 4.70. The summed E-state index contributed by atoms with van der Waals surface area (Å²) in [5, 5.41) is 0. The third-order valence-corrected chi connectivity index (χ3v) is 6.47. The molecule has 3 nitrogen and oxygen atoms in total. The molecular formula is C24H30F2O3. The predicted molar refractivity (Wildman–Crippen MR) is 109 cm³/mol. The van der Waals surface area contributed by atoms with Crippen LogP contribution < -0.4 is 9.47 Å². The van der Waals surface area contributed by atoms with Crippen LogP contribution in [0.25, 0.3) is 0 Å². The molecular weight excluding hydrogens is 374 g/mol. The zero-order valence-electron chi connectivity index (χ0n) is 17.0. The Morgan fingerprint density at radius 3 is 2.10 bits per heavy atom. The van der Waals surface area contributed by atoms with Crippen molar-refractivity contribution < 1.29 is 23.0 Å². The molecule has 0 spiro atoms. The molecule has 3 rings (SSSR count). The van der Waals surface area contributed by atoms with Gasteiger partial charge in [-0.15, -0.1) is 6.58 Å². The third-order valence-electron chi connectivity index (χ3n) is 6.47.